The molecule has 1 rings (SSSR count). The SMILES string of the molecule is CCCCCCCCCCCCCCCCCCCCCCCCO[C@@H]1O[C@@H](CO)[C@H](O)[C@@H](O)[C@@H]1O. The standard InChI is InChI=1S/C30H60O6/c1-2-3-4-5-6-7-8-9-10-11-12-13-14-15-16-17-18-19-20-21-22-23-24-35-30-29(34)28(33)27(32)26(25-31)36-30/h26-34H,2-25H2,1H3/t26-,27-,28+,29-,30+/m0/s1. The Morgan fingerprint density at radius 1 is 0.500 bits per heavy atom. The number of aliphatic hydroxyl groups is 4. The highest BCUT2D eigenvalue weighted by molar-refractivity contribution is 4.88. The summed E-state index contributed by atoms with van der Waals surface area (Å²) in [6.45, 7) is 2.29. The van der Waals surface area contributed by atoms with Gasteiger partial charge in [-0.25, -0.2) is 0 Å². The zero-order valence-corrected chi connectivity index (χ0v) is 23.5. The van der Waals surface area contributed by atoms with Crippen molar-refractivity contribution in [2.75, 3.05) is 13.2 Å². The first-order valence-electron chi connectivity index (χ1n) is 15.5. The van der Waals surface area contributed by atoms with Gasteiger partial charge in [0.05, 0.1) is 6.61 Å². The van der Waals surface area contributed by atoms with Gasteiger partial charge < -0.3 is 29.9 Å². The second-order valence-electron chi connectivity index (χ2n) is 11.0. The average molecular weight is 517 g/mol. The summed E-state index contributed by atoms with van der Waals surface area (Å²) in [6, 6.07) is 0. The highest BCUT2D eigenvalue weighted by Gasteiger charge is 2.43. The Kier molecular flexibility index (Phi) is 22.4. The predicted molar refractivity (Wildman–Crippen MR) is 147 cm³/mol. The highest BCUT2D eigenvalue weighted by Crippen LogP contribution is 2.22. The Hall–Kier alpha value is -0.240. The molecular weight excluding hydrogens is 456 g/mol. The number of unbranched alkanes of at least 4 members (excludes halogenated alkanes) is 21. The van der Waals surface area contributed by atoms with E-state index in [1.807, 2.05) is 0 Å². The van der Waals surface area contributed by atoms with E-state index in [2.05, 4.69) is 6.92 Å². The molecule has 0 aromatic heterocycles. The van der Waals surface area contributed by atoms with E-state index in [0.717, 1.165) is 12.8 Å². The summed E-state index contributed by atoms with van der Waals surface area (Å²) in [7, 11) is 0. The van der Waals surface area contributed by atoms with E-state index in [1.54, 1.807) is 0 Å². The van der Waals surface area contributed by atoms with Crippen molar-refractivity contribution in [1.82, 2.24) is 0 Å². The molecule has 1 aliphatic heterocycles. The van der Waals surface area contributed by atoms with Crippen LogP contribution in [-0.2, 0) is 9.47 Å². The van der Waals surface area contributed by atoms with Crippen LogP contribution in [-0.4, -0.2) is 64.3 Å². The molecule has 0 spiro atoms. The lowest BCUT2D eigenvalue weighted by Gasteiger charge is -2.39. The van der Waals surface area contributed by atoms with Crippen molar-refractivity contribution in [2.45, 2.75) is 179 Å². The van der Waals surface area contributed by atoms with E-state index in [1.165, 1.54) is 128 Å². The molecule has 1 saturated heterocycles. The van der Waals surface area contributed by atoms with Crippen LogP contribution in [0.5, 0.6) is 0 Å². The van der Waals surface area contributed by atoms with Gasteiger partial charge in [-0.05, 0) is 6.42 Å². The van der Waals surface area contributed by atoms with Crippen molar-refractivity contribution in [3.63, 3.8) is 0 Å². The Morgan fingerprint density at radius 3 is 1.22 bits per heavy atom. The average Bonchev–Trinajstić information content (AvgIpc) is 2.89. The molecule has 0 bridgehead atoms. The van der Waals surface area contributed by atoms with Crippen molar-refractivity contribution in [1.29, 1.82) is 0 Å². The van der Waals surface area contributed by atoms with E-state index in [9.17, 15) is 20.4 Å². The minimum absolute atomic E-state index is 0.426. The molecule has 6 heteroatoms. The first kappa shape index (κ1) is 33.8. The molecule has 216 valence electrons. The minimum Gasteiger partial charge on any atom is -0.394 e. The smallest absolute Gasteiger partial charge is 0.186 e. The number of hydrogen-bond acceptors (Lipinski definition) is 6. The summed E-state index contributed by atoms with van der Waals surface area (Å²) >= 11 is 0. The van der Waals surface area contributed by atoms with Gasteiger partial charge in [-0.1, -0.05) is 142 Å². The molecule has 4 N–H and O–H groups in total. The Bertz CT molecular complexity index is 461. The molecule has 0 aromatic rings. The Balaban J connectivity index is 1.76. The van der Waals surface area contributed by atoms with Gasteiger partial charge in [-0.3, -0.25) is 0 Å². The summed E-state index contributed by atoms with van der Waals surface area (Å²) in [5.74, 6) is 0. The van der Waals surface area contributed by atoms with Crippen LogP contribution in [0.15, 0.2) is 0 Å². The largest absolute Gasteiger partial charge is 0.394 e. The van der Waals surface area contributed by atoms with Gasteiger partial charge in [-0.15, -0.1) is 0 Å². The molecule has 1 fully saturated rings. The normalized spacial score (nSPS) is 24.4. The van der Waals surface area contributed by atoms with Gasteiger partial charge in [0.15, 0.2) is 6.29 Å². The van der Waals surface area contributed by atoms with E-state index >= 15 is 0 Å². The second kappa shape index (κ2) is 23.8. The first-order valence-corrected chi connectivity index (χ1v) is 15.5. The van der Waals surface area contributed by atoms with Gasteiger partial charge in [-0.2, -0.15) is 0 Å². The van der Waals surface area contributed by atoms with Gasteiger partial charge in [0, 0.05) is 6.61 Å². The number of rotatable bonds is 25. The monoisotopic (exact) mass is 516 g/mol. The molecule has 0 radical (unpaired) electrons. The Morgan fingerprint density at radius 2 is 0.861 bits per heavy atom. The van der Waals surface area contributed by atoms with Gasteiger partial charge in [0.1, 0.15) is 24.4 Å². The van der Waals surface area contributed by atoms with E-state index in [0.29, 0.717) is 6.61 Å². The predicted octanol–water partition coefficient (Wildman–Crippen LogP) is 6.41. The fourth-order valence-corrected chi connectivity index (χ4v) is 5.12. The molecule has 0 aromatic carbocycles. The molecule has 1 heterocycles. The number of aliphatic hydroxyl groups excluding tert-OH is 4. The summed E-state index contributed by atoms with van der Waals surface area (Å²) in [6.07, 6.45) is 23.8. The first-order chi connectivity index (χ1) is 17.6. The van der Waals surface area contributed by atoms with Crippen LogP contribution < -0.4 is 0 Å². The van der Waals surface area contributed by atoms with Crippen LogP contribution >= 0.6 is 0 Å². The summed E-state index contributed by atoms with van der Waals surface area (Å²) < 4.78 is 10.9. The molecule has 0 saturated carbocycles. The molecular formula is C30H60O6. The molecule has 6 nitrogen and oxygen atoms in total. The van der Waals surface area contributed by atoms with Crippen LogP contribution in [0.1, 0.15) is 148 Å². The van der Waals surface area contributed by atoms with E-state index < -0.39 is 37.3 Å². The van der Waals surface area contributed by atoms with Crippen molar-refractivity contribution in [3.05, 3.63) is 0 Å². The van der Waals surface area contributed by atoms with Crippen molar-refractivity contribution in [3.8, 4) is 0 Å². The molecule has 1 aliphatic rings. The Labute approximate surface area is 222 Å². The fourth-order valence-electron chi connectivity index (χ4n) is 5.12. The van der Waals surface area contributed by atoms with Crippen molar-refractivity contribution in [2.24, 2.45) is 0 Å². The highest BCUT2D eigenvalue weighted by atomic mass is 16.7. The van der Waals surface area contributed by atoms with E-state index in [-0.39, 0.29) is 0 Å². The summed E-state index contributed by atoms with van der Waals surface area (Å²) in [5, 5.41) is 38.7. The maximum absolute atomic E-state index is 9.96. The molecule has 36 heavy (non-hydrogen) atoms. The molecule has 0 unspecified atom stereocenters. The quantitative estimate of drug-likeness (QED) is 0.105. The number of ether oxygens (including phenoxy) is 2. The zero-order chi connectivity index (χ0) is 26.3. The second-order valence-corrected chi connectivity index (χ2v) is 11.0. The maximum atomic E-state index is 9.96. The molecule has 0 amide bonds. The lowest BCUT2D eigenvalue weighted by Crippen LogP contribution is -2.59. The topological polar surface area (TPSA) is 99.4 Å². The van der Waals surface area contributed by atoms with Crippen LogP contribution in [0, 0.1) is 0 Å². The summed E-state index contributed by atoms with van der Waals surface area (Å²) in [4.78, 5) is 0. The molecule has 5 atom stereocenters. The van der Waals surface area contributed by atoms with Gasteiger partial charge in [0.25, 0.3) is 0 Å². The van der Waals surface area contributed by atoms with Gasteiger partial charge in [0.2, 0.25) is 0 Å². The van der Waals surface area contributed by atoms with Crippen LogP contribution in [0.3, 0.4) is 0 Å². The third-order valence-corrected chi connectivity index (χ3v) is 7.63. The third kappa shape index (κ3) is 16.6. The van der Waals surface area contributed by atoms with Crippen LogP contribution in [0.2, 0.25) is 0 Å². The zero-order valence-electron chi connectivity index (χ0n) is 23.5. The fraction of sp³-hybridized carbons (Fsp3) is 1.00. The maximum Gasteiger partial charge on any atom is 0.186 e. The van der Waals surface area contributed by atoms with Crippen molar-refractivity contribution >= 4 is 0 Å². The third-order valence-electron chi connectivity index (χ3n) is 7.63. The van der Waals surface area contributed by atoms with Crippen LogP contribution in [0.25, 0.3) is 0 Å². The van der Waals surface area contributed by atoms with Crippen molar-refractivity contribution < 1.29 is 29.9 Å². The van der Waals surface area contributed by atoms with E-state index in [4.69, 9.17) is 9.47 Å². The number of hydrogen-bond donors (Lipinski definition) is 4. The lowest BCUT2D eigenvalue weighted by molar-refractivity contribution is -0.301. The molecule has 0 aliphatic carbocycles. The minimum atomic E-state index is -1.37. The lowest BCUT2D eigenvalue weighted by atomic mass is 9.99. The summed E-state index contributed by atoms with van der Waals surface area (Å²) in [5.41, 5.74) is 0. The van der Waals surface area contributed by atoms with Gasteiger partial charge >= 0.3 is 0 Å². The van der Waals surface area contributed by atoms with Crippen LogP contribution in [0.4, 0.5) is 0 Å².